The minimum absolute atomic E-state index is 0.0543. The van der Waals surface area contributed by atoms with Gasteiger partial charge in [-0.3, -0.25) is 4.79 Å². The zero-order valence-corrected chi connectivity index (χ0v) is 15.5. The van der Waals surface area contributed by atoms with Crippen LogP contribution < -0.4 is 5.32 Å². The van der Waals surface area contributed by atoms with Crippen molar-refractivity contribution in [3.05, 3.63) is 29.8 Å². The fraction of sp³-hybridized carbons (Fsp3) is 0.611. The van der Waals surface area contributed by atoms with Crippen LogP contribution in [0.3, 0.4) is 0 Å². The normalized spacial score (nSPS) is 24.5. The Bertz CT molecular complexity index is 686. The van der Waals surface area contributed by atoms with Crippen molar-refractivity contribution in [2.24, 2.45) is 5.41 Å². The molecule has 0 saturated carbocycles. The molecule has 1 heterocycles. The van der Waals surface area contributed by atoms with E-state index in [1.54, 1.807) is 31.2 Å². The summed E-state index contributed by atoms with van der Waals surface area (Å²) in [6, 6.07) is 6.74. The van der Waals surface area contributed by atoms with E-state index in [-0.39, 0.29) is 34.4 Å². The lowest BCUT2D eigenvalue weighted by atomic mass is 9.77. The average molecular weight is 353 g/mol. The summed E-state index contributed by atoms with van der Waals surface area (Å²) < 4.78 is 29.5. The van der Waals surface area contributed by atoms with Crippen molar-refractivity contribution < 1.29 is 17.9 Å². The summed E-state index contributed by atoms with van der Waals surface area (Å²) in [6.45, 7) is 7.16. The van der Waals surface area contributed by atoms with Crippen LogP contribution in [0.25, 0.3) is 0 Å². The Morgan fingerprint density at radius 1 is 1.38 bits per heavy atom. The van der Waals surface area contributed by atoms with Gasteiger partial charge in [-0.05, 0) is 30.5 Å². The lowest BCUT2D eigenvalue weighted by molar-refractivity contribution is -0.124. The molecule has 0 aromatic heterocycles. The van der Waals surface area contributed by atoms with Crippen LogP contribution in [0.1, 0.15) is 39.2 Å². The molecular formula is C18H27NO4S. The van der Waals surface area contributed by atoms with Gasteiger partial charge in [0.05, 0.1) is 23.7 Å². The monoisotopic (exact) mass is 353 g/mol. The molecule has 1 N–H and O–H groups in total. The first kappa shape index (κ1) is 18.9. The third-order valence-corrected chi connectivity index (χ3v) is 6.70. The van der Waals surface area contributed by atoms with E-state index in [2.05, 4.69) is 19.2 Å². The van der Waals surface area contributed by atoms with Crippen LogP contribution in [0, 0.1) is 5.41 Å². The molecule has 1 aliphatic rings. The molecule has 1 fully saturated rings. The van der Waals surface area contributed by atoms with Crippen molar-refractivity contribution in [3.63, 3.8) is 0 Å². The topological polar surface area (TPSA) is 72.5 Å². The van der Waals surface area contributed by atoms with E-state index in [4.69, 9.17) is 4.74 Å². The highest BCUT2D eigenvalue weighted by Crippen LogP contribution is 2.31. The Labute approximate surface area is 144 Å². The SMILES string of the molecule is CCC1(C)COCCC1NC(=O)Cc1cccc(S(=O)(=O)CC)c1. The number of carbonyl (C=O) groups excluding carboxylic acids is 1. The van der Waals surface area contributed by atoms with Gasteiger partial charge in [-0.1, -0.05) is 32.9 Å². The molecule has 1 aliphatic heterocycles. The Kier molecular flexibility index (Phi) is 6.04. The van der Waals surface area contributed by atoms with Crippen LogP contribution in [0.15, 0.2) is 29.2 Å². The van der Waals surface area contributed by atoms with Gasteiger partial charge in [0.2, 0.25) is 5.91 Å². The van der Waals surface area contributed by atoms with E-state index in [9.17, 15) is 13.2 Å². The van der Waals surface area contributed by atoms with Crippen molar-refractivity contribution >= 4 is 15.7 Å². The van der Waals surface area contributed by atoms with Crippen LogP contribution in [0.4, 0.5) is 0 Å². The lowest BCUT2D eigenvalue weighted by Crippen LogP contribution is -2.52. The third kappa shape index (κ3) is 4.36. The van der Waals surface area contributed by atoms with Crippen LogP contribution in [0.2, 0.25) is 0 Å². The summed E-state index contributed by atoms with van der Waals surface area (Å²) in [4.78, 5) is 12.7. The summed E-state index contributed by atoms with van der Waals surface area (Å²) in [5.74, 6) is -0.0211. The molecule has 5 nitrogen and oxygen atoms in total. The largest absolute Gasteiger partial charge is 0.381 e. The number of sulfone groups is 1. The number of amides is 1. The standard InChI is InChI=1S/C18H27NO4S/c1-4-18(3)13-23-10-9-16(18)19-17(20)12-14-7-6-8-15(11-14)24(21,22)5-2/h6-8,11,16H,4-5,9-10,12-13H2,1-3H3,(H,19,20). The molecule has 24 heavy (non-hydrogen) atoms. The number of hydrogen-bond acceptors (Lipinski definition) is 4. The molecule has 0 aliphatic carbocycles. The van der Waals surface area contributed by atoms with E-state index >= 15 is 0 Å². The summed E-state index contributed by atoms with van der Waals surface area (Å²) in [5.41, 5.74) is 0.661. The van der Waals surface area contributed by atoms with Gasteiger partial charge < -0.3 is 10.1 Å². The van der Waals surface area contributed by atoms with Gasteiger partial charge in [0.25, 0.3) is 0 Å². The second-order valence-corrected chi connectivity index (χ2v) is 8.97. The quantitative estimate of drug-likeness (QED) is 0.852. The number of nitrogens with one attached hydrogen (secondary N) is 1. The Morgan fingerprint density at radius 3 is 2.79 bits per heavy atom. The number of ether oxygens (including phenoxy) is 1. The van der Waals surface area contributed by atoms with Crippen molar-refractivity contribution in [1.82, 2.24) is 5.32 Å². The summed E-state index contributed by atoms with van der Waals surface area (Å²) in [6.07, 6.45) is 1.92. The third-order valence-electron chi connectivity index (χ3n) is 4.97. The highest BCUT2D eigenvalue weighted by Gasteiger charge is 2.36. The predicted octanol–water partition coefficient (Wildman–Crippen LogP) is 2.34. The molecule has 1 saturated heterocycles. The molecule has 1 aromatic carbocycles. The van der Waals surface area contributed by atoms with Crippen LogP contribution in [-0.4, -0.2) is 39.3 Å². The number of benzene rings is 1. The maximum absolute atomic E-state index is 12.4. The Balaban J connectivity index is 2.06. The van der Waals surface area contributed by atoms with Crippen molar-refractivity contribution in [3.8, 4) is 0 Å². The molecule has 134 valence electrons. The van der Waals surface area contributed by atoms with Gasteiger partial charge >= 0.3 is 0 Å². The summed E-state index contributed by atoms with van der Waals surface area (Å²) in [7, 11) is -3.25. The fourth-order valence-electron chi connectivity index (χ4n) is 3.00. The molecule has 1 amide bonds. The van der Waals surface area contributed by atoms with Crippen molar-refractivity contribution in [2.45, 2.75) is 51.0 Å². The van der Waals surface area contributed by atoms with E-state index < -0.39 is 9.84 Å². The summed E-state index contributed by atoms with van der Waals surface area (Å²) in [5, 5.41) is 3.11. The smallest absolute Gasteiger partial charge is 0.224 e. The van der Waals surface area contributed by atoms with Gasteiger partial charge in [-0.25, -0.2) is 8.42 Å². The highest BCUT2D eigenvalue weighted by molar-refractivity contribution is 7.91. The maximum atomic E-state index is 12.4. The van der Waals surface area contributed by atoms with Gasteiger partial charge in [0, 0.05) is 18.1 Å². The second-order valence-electron chi connectivity index (χ2n) is 6.70. The van der Waals surface area contributed by atoms with Gasteiger partial charge in [-0.2, -0.15) is 0 Å². The highest BCUT2D eigenvalue weighted by atomic mass is 32.2. The number of hydrogen-bond donors (Lipinski definition) is 1. The molecule has 2 atom stereocenters. The molecule has 2 unspecified atom stereocenters. The molecule has 6 heteroatoms. The first-order chi connectivity index (χ1) is 11.3. The van der Waals surface area contributed by atoms with E-state index in [1.807, 2.05) is 0 Å². The minimum Gasteiger partial charge on any atom is -0.381 e. The first-order valence-corrected chi connectivity index (χ1v) is 10.1. The average Bonchev–Trinajstić information content (AvgIpc) is 2.57. The predicted molar refractivity (Wildman–Crippen MR) is 93.6 cm³/mol. The van der Waals surface area contributed by atoms with Gasteiger partial charge in [0.1, 0.15) is 0 Å². The minimum atomic E-state index is -3.25. The van der Waals surface area contributed by atoms with Crippen LogP contribution in [-0.2, 0) is 25.8 Å². The fourth-order valence-corrected chi connectivity index (χ4v) is 3.95. The second kappa shape index (κ2) is 7.66. The Morgan fingerprint density at radius 2 is 2.12 bits per heavy atom. The summed E-state index contributed by atoms with van der Waals surface area (Å²) >= 11 is 0. The first-order valence-electron chi connectivity index (χ1n) is 8.49. The Hall–Kier alpha value is -1.40. The van der Waals surface area contributed by atoms with E-state index in [0.717, 1.165) is 12.8 Å². The van der Waals surface area contributed by atoms with E-state index in [1.165, 1.54) is 0 Å². The van der Waals surface area contributed by atoms with Gasteiger partial charge in [0.15, 0.2) is 9.84 Å². The molecule has 0 bridgehead atoms. The lowest BCUT2D eigenvalue weighted by Gasteiger charge is -2.41. The van der Waals surface area contributed by atoms with E-state index in [0.29, 0.717) is 18.8 Å². The van der Waals surface area contributed by atoms with Crippen LogP contribution in [0.5, 0.6) is 0 Å². The maximum Gasteiger partial charge on any atom is 0.224 e. The number of carbonyl (C=O) groups is 1. The zero-order valence-electron chi connectivity index (χ0n) is 14.7. The van der Waals surface area contributed by atoms with Gasteiger partial charge in [-0.15, -0.1) is 0 Å². The molecule has 0 radical (unpaired) electrons. The molecular weight excluding hydrogens is 326 g/mol. The molecule has 2 rings (SSSR count). The van der Waals surface area contributed by atoms with Crippen LogP contribution >= 0.6 is 0 Å². The number of rotatable bonds is 6. The molecule has 0 spiro atoms. The van der Waals surface area contributed by atoms with Crippen molar-refractivity contribution in [2.75, 3.05) is 19.0 Å². The zero-order chi connectivity index (χ0) is 17.8. The van der Waals surface area contributed by atoms with Crippen molar-refractivity contribution in [1.29, 1.82) is 0 Å². The molecule has 1 aromatic rings.